The van der Waals surface area contributed by atoms with Gasteiger partial charge in [-0.1, -0.05) is 55.5 Å². The van der Waals surface area contributed by atoms with Crippen molar-refractivity contribution in [3.63, 3.8) is 0 Å². The summed E-state index contributed by atoms with van der Waals surface area (Å²) in [5.41, 5.74) is 4.48. The Morgan fingerprint density at radius 3 is 2.08 bits per heavy atom. The summed E-state index contributed by atoms with van der Waals surface area (Å²) in [6, 6.07) is 16.4. The van der Waals surface area contributed by atoms with Gasteiger partial charge in [0.15, 0.2) is 23.0 Å². The highest BCUT2D eigenvalue weighted by Gasteiger charge is 2.03. The molecule has 0 bridgehead atoms. The third-order valence-electron chi connectivity index (χ3n) is 3.61. The van der Waals surface area contributed by atoms with E-state index in [4.69, 9.17) is 9.62 Å². The number of carbonyl (C=O) groups is 1. The van der Waals surface area contributed by atoms with Crippen LogP contribution in [0.5, 0.6) is 0 Å². The molecule has 0 atom stereocenters. The molecule has 4 nitrogen and oxygen atoms in total. The van der Waals surface area contributed by atoms with Crippen LogP contribution in [0.15, 0.2) is 48.5 Å². The normalized spacial score (nSPS) is 10.6. The SMILES string of the molecule is CCCC(=O)OCc1ccc(-c2ccc(CCOOI)cc2)cc1. The molecule has 24 heavy (non-hydrogen) atoms. The van der Waals surface area contributed by atoms with Crippen LogP contribution in [0.4, 0.5) is 0 Å². The Hall–Kier alpha value is -1.44. The van der Waals surface area contributed by atoms with Crippen LogP contribution in [0.25, 0.3) is 11.1 Å². The van der Waals surface area contributed by atoms with Crippen molar-refractivity contribution in [3.05, 3.63) is 59.7 Å². The standard InChI is InChI=1S/C19H21IO4/c1-2-3-19(21)22-14-16-6-10-18(11-7-16)17-8-4-15(5-9-17)12-13-23-24-20/h4-11H,2-3,12-14H2,1H3. The molecule has 5 heteroatoms. The Labute approximate surface area is 156 Å². The second-order valence-corrected chi connectivity index (χ2v) is 5.80. The fraction of sp³-hybridized carbons (Fsp3) is 0.316. The van der Waals surface area contributed by atoms with Gasteiger partial charge in [0.25, 0.3) is 0 Å². The molecule has 0 fully saturated rings. The first-order chi connectivity index (χ1) is 11.7. The summed E-state index contributed by atoms with van der Waals surface area (Å²) in [4.78, 5) is 16.3. The molecule has 0 heterocycles. The van der Waals surface area contributed by atoms with E-state index in [0.29, 0.717) is 19.6 Å². The van der Waals surface area contributed by atoms with Crippen LogP contribution >= 0.6 is 23.0 Å². The molecule has 2 aromatic rings. The largest absolute Gasteiger partial charge is 0.461 e. The summed E-state index contributed by atoms with van der Waals surface area (Å²) in [5, 5.41) is 0. The third kappa shape index (κ3) is 6.22. The van der Waals surface area contributed by atoms with Crippen molar-refractivity contribution in [2.24, 2.45) is 0 Å². The van der Waals surface area contributed by atoms with Crippen molar-refractivity contribution in [1.82, 2.24) is 0 Å². The topological polar surface area (TPSA) is 44.8 Å². The van der Waals surface area contributed by atoms with Crippen LogP contribution in [0.3, 0.4) is 0 Å². The minimum absolute atomic E-state index is 0.144. The molecule has 0 aromatic heterocycles. The number of carbonyl (C=O) groups excluding carboxylic acids is 1. The summed E-state index contributed by atoms with van der Waals surface area (Å²) in [5.74, 6) is -0.144. The average Bonchev–Trinajstić information content (AvgIpc) is 2.62. The molecule has 0 spiro atoms. The highest BCUT2D eigenvalue weighted by Crippen LogP contribution is 2.21. The summed E-state index contributed by atoms with van der Waals surface area (Å²) >= 11 is 1.71. The zero-order valence-electron chi connectivity index (χ0n) is 13.7. The lowest BCUT2D eigenvalue weighted by atomic mass is 10.0. The lowest BCUT2D eigenvalue weighted by Crippen LogP contribution is -2.03. The maximum atomic E-state index is 11.4. The van der Waals surface area contributed by atoms with Crippen molar-refractivity contribution in [3.8, 4) is 11.1 Å². The number of esters is 1. The average molecular weight is 440 g/mol. The van der Waals surface area contributed by atoms with Crippen LogP contribution in [0.2, 0.25) is 0 Å². The van der Waals surface area contributed by atoms with E-state index in [1.54, 1.807) is 23.0 Å². The molecule has 2 rings (SSSR count). The molecule has 0 aliphatic rings. The lowest BCUT2D eigenvalue weighted by Gasteiger charge is -2.07. The molecular formula is C19H21IO4. The van der Waals surface area contributed by atoms with E-state index in [1.807, 2.05) is 31.2 Å². The number of hydrogen-bond acceptors (Lipinski definition) is 4. The van der Waals surface area contributed by atoms with Crippen molar-refractivity contribution in [2.75, 3.05) is 6.61 Å². The van der Waals surface area contributed by atoms with Crippen LogP contribution in [0, 0.1) is 0 Å². The van der Waals surface area contributed by atoms with Gasteiger partial charge in [-0.2, -0.15) is 3.22 Å². The number of ether oxygens (including phenoxy) is 1. The summed E-state index contributed by atoms with van der Waals surface area (Å²) < 4.78 is 9.77. The Bertz CT molecular complexity index is 623. The monoisotopic (exact) mass is 440 g/mol. The predicted molar refractivity (Wildman–Crippen MR) is 101 cm³/mol. The minimum atomic E-state index is -0.144. The van der Waals surface area contributed by atoms with E-state index in [-0.39, 0.29) is 5.97 Å². The quantitative estimate of drug-likeness (QED) is 0.180. The Balaban J connectivity index is 1.91. The van der Waals surface area contributed by atoms with Crippen LogP contribution in [0.1, 0.15) is 30.9 Å². The smallest absolute Gasteiger partial charge is 0.306 e. The molecule has 128 valence electrons. The molecule has 0 aliphatic heterocycles. The Morgan fingerprint density at radius 2 is 1.54 bits per heavy atom. The third-order valence-corrected chi connectivity index (χ3v) is 3.87. The van der Waals surface area contributed by atoms with Crippen molar-refractivity contribution in [1.29, 1.82) is 0 Å². The molecule has 0 aliphatic carbocycles. The summed E-state index contributed by atoms with van der Waals surface area (Å²) in [7, 11) is 0. The van der Waals surface area contributed by atoms with Gasteiger partial charge in [0.1, 0.15) is 6.61 Å². The van der Waals surface area contributed by atoms with Gasteiger partial charge in [0, 0.05) is 6.42 Å². The molecule has 2 aromatic carbocycles. The summed E-state index contributed by atoms with van der Waals surface area (Å²) in [6.45, 7) is 2.83. The van der Waals surface area contributed by atoms with Gasteiger partial charge in [0.05, 0.1) is 6.61 Å². The molecule has 0 N–H and O–H groups in total. The van der Waals surface area contributed by atoms with Crippen LogP contribution in [-0.2, 0) is 30.7 Å². The number of hydrogen-bond donors (Lipinski definition) is 0. The first-order valence-corrected chi connectivity index (χ1v) is 8.85. The molecular weight excluding hydrogens is 419 g/mol. The lowest BCUT2D eigenvalue weighted by molar-refractivity contribution is -0.164. The molecule has 0 radical (unpaired) electrons. The van der Waals surface area contributed by atoms with E-state index in [9.17, 15) is 4.79 Å². The first kappa shape index (κ1) is 18.9. The minimum Gasteiger partial charge on any atom is -0.461 e. The molecule has 0 unspecified atom stereocenters. The maximum absolute atomic E-state index is 11.4. The van der Waals surface area contributed by atoms with Gasteiger partial charge in [0.2, 0.25) is 0 Å². The van der Waals surface area contributed by atoms with E-state index in [2.05, 4.69) is 27.5 Å². The number of halogens is 1. The second kappa shape index (κ2) is 10.4. The molecule has 0 saturated carbocycles. The fourth-order valence-electron chi connectivity index (χ4n) is 2.29. The van der Waals surface area contributed by atoms with E-state index in [1.165, 1.54) is 5.56 Å². The molecule has 0 saturated heterocycles. The predicted octanol–water partition coefficient (Wildman–Crippen LogP) is 5.04. The molecule has 0 amide bonds. The zero-order chi connectivity index (χ0) is 17.2. The Morgan fingerprint density at radius 1 is 0.958 bits per heavy atom. The van der Waals surface area contributed by atoms with Gasteiger partial charge in [-0.05, 0) is 35.1 Å². The van der Waals surface area contributed by atoms with E-state index < -0.39 is 0 Å². The van der Waals surface area contributed by atoms with Crippen molar-refractivity contribution in [2.45, 2.75) is 32.8 Å². The Kier molecular flexibility index (Phi) is 8.21. The van der Waals surface area contributed by atoms with Gasteiger partial charge < -0.3 is 4.74 Å². The van der Waals surface area contributed by atoms with Gasteiger partial charge in [-0.25, -0.2) is 4.89 Å². The van der Waals surface area contributed by atoms with Crippen molar-refractivity contribution < 1.29 is 17.6 Å². The zero-order valence-corrected chi connectivity index (χ0v) is 15.8. The van der Waals surface area contributed by atoms with Gasteiger partial charge >= 0.3 is 5.97 Å². The van der Waals surface area contributed by atoms with Gasteiger partial charge in [-0.15, -0.1) is 0 Å². The van der Waals surface area contributed by atoms with Gasteiger partial charge in [-0.3, -0.25) is 4.79 Å². The highest BCUT2D eigenvalue weighted by molar-refractivity contribution is 14.1. The van der Waals surface area contributed by atoms with Crippen molar-refractivity contribution >= 4 is 29.0 Å². The second-order valence-electron chi connectivity index (χ2n) is 5.44. The maximum Gasteiger partial charge on any atom is 0.306 e. The number of benzene rings is 2. The fourth-order valence-corrected chi connectivity index (χ4v) is 2.47. The van der Waals surface area contributed by atoms with Crippen LogP contribution < -0.4 is 0 Å². The van der Waals surface area contributed by atoms with E-state index >= 15 is 0 Å². The van der Waals surface area contributed by atoms with Crippen LogP contribution in [-0.4, -0.2) is 12.6 Å². The first-order valence-electron chi connectivity index (χ1n) is 7.97. The number of rotatable bonds is 9. The van der Waals surface area contributed by atoms with E-state index in [0.717, 1.165) is 29.5 Å². The summed E-state index contributed by atoms with van der Waals surface area (Å²) in [6.07, 6.45) is 2.09. The highest BCUT2D eigenvalue weighted by atomic mass is 127.